The van der Waals surface area contributed by atoms with Crippen LogP contribution < -0.4 is 5.32 Å². The summed E-state index contributed by atoms with van der Waals surface area (Å²) in [5, 5.41) is 17.3. The molecule has 3 heterocycles. The highest BCUT2D eigenvalue weighted by Gasteiger charge is 2.23. The third kappa shape index (κ3) is 5.13. The van der Waals surface area contributed by atoms with Crippen LogP contribution in [0.15, 0.2) is 65.5 Å². The van der Waals surface area contributed by atoms with Crippen molar-refractivity contribution in [2.45, 2.75) is 51.0 Å². The standard InChI is InChI=1S/C27H27BrN6/c28-24-18-32-34-26(31-17-22-7-3-11-30-16-22)14-25(33-27(24)34)23-8-2-4-19(9-10-23)12-20-5-1-6-21(13-20)15-29/h1,3,5-7,11,13-14,16,18-19,23,31H,2,4,8-10,12,17H2. The molecule has 1 aliphatic rings. The average Bonchev–Trinajstić information content (AvgIpc) is 3.09. The predicted octanol–water partition coefficient (Wildman–Crippen LogP) is 6.28. The van der Waals surface area contributed by atoms with Crippen molar-refractivity contribution < 1.29 is 0 Å². The van der Waals surface area contributed by atoms with E-state index in [2.05, 4.69) is 55.6 Å². The van der Waals surface area contributed by atoms with Crippen LogP contribution in [0.4, 0.5) is 5.82 Å². The van der Waals surface area contributed by atoms with Gasteiger partial charge in [0.25, 0.3) is 0 Å². The molecule has 1 N–H and O–H groups in total. The van der Waals surface area contributed by atoms with Crippen molar-refractivity contribution >= 4 is 27.4 Å². The summed E-state index contributed by atoms with van der Waals surface area (Å²) >= 11 is 3.62. The summed E-state index contributed by atoms with van der Waals surface area (Å²) < 4.78 is 2.77. The van der Waals surface area contributed by atoms with Gasteiger partial charge in [0.15, 0.2) is 5.65 Å². The lowest BCUT2D eigenvalue weighted by molar-refractivity contribution is 0.454. The molecule has 1 fully saturated rings. The SMILES string of the molecule is N#Cc1cccc(CC2CCCC(c3cc(NCc4cccnc4)n4ncc(Br)c4n3)CC2)c1. The number of aromatic nitrogens is 4. The molecule has 1 saturated carbocycles. The number of benzene rings is 1. The fourth-order valence-corrected chi connectivity index (χ4v) is 5.31. The second-order valence-corrected chi connectivity index (χ2v) is 9.95. The van der Waals surface area contributed by atoms with Gasteiger partial charge in [0, 0.05) is 36.6 Å². The Labute approximate surface area is 208 Å². The number of hydrogen-bond donors (Lipinski definition) is 1. The van der Waals surface area contributed by atoms with Crippen LogP contribution >= 0.6 is 15.9 Å². The Morgan fingerprint density at radius 3 is 2.82 bits per heavy atom. The smallest absolute Gasteiger partial charge is 0.171 e. The maximum Gasteiger partial charge on any atom is 0.171 e. The quantitative estimate of drug-likeness (QED) is 0.306. The number of fused-ring (bicyclic) bond motifs is 1. The summed E-state index contributed by atoms with van der Waals surface area (Å²) in [7, 11) is 0. The van der Waals surface area contributed by atoms with Crippen molar-refractivity contribution in [3.8, 4) is 6.07 Å². The summed E-state index contributed by atoms with van der Waals surface area (Å²) in [5.74, 6) is 2.03. The highest BCUT2D eigenvalue weighted by atomic mass is 79.9. The molecule has 0 bridgehead atoms. The Kier molecular flexibility index (Phi) is 6.87. The number of halogens is 1. The molecule has 7 heteroatoms. The molecule has 0 saturated heterocycles. The molecule has 0 spiro atoms. The Bertz CT molecular complexity index is 1310. The van der Waals surface area contributed by atoms with Crippen LogP contribution in [0.25, 0.3) is 5.65 Å². The predicted molar refractivity (Wildman–Crippen MR) is 136 cm³/mol. The molecule has 3 aromatic heterocycles. The maximum absolute atomic E-state index is 9.20. The van der Waals surface area contributed by atoms with Gasteiger partial charge in [0.05, 0.1) is 22.3 Å². The molecule has 0 radical (unpaired) electrons. The van der Waals surface area contributed by atoms with Crippen LogP contribution in [0, 0.1) is 17.2 Å². The van der Waals surface area contributed by atoms with Gasteiger partial charge in [-0.05, 0) is 76.9 Å². The molecule has 1 aliphatic carbocycles. The lowest BCUT2D eigenvalue weighted by Crippen LogP contribution is -2.10. The van der Waals surface area contributed by atoms with Crippen molar-refractivity contribution in [1.82, 2.24) is 19.6 Å². The first-order valence-electron chi connectivity index (χ1n) is 11.9. The van der Waals surface area contributed by atoms with Crippen molar-refractivity contribution in [3.05, 3.63) is 87.9 Å². The second kappa shape index (κ2) is 10.4. The highest BCUT2D eigenvalue weighted by molar-refractivity contribution is 9.10. The lowest BCUT2D eigenvalue weighted by atomic mass is 9.91. The van der Waals surface area contributed by atoms with E-state index in [0.29, 0.717) is 18.4 Å². The molecule has 5 rings (SSSR count). The third-order valence-corrected chi connectivity index (χ3v) is 7.29. The zero-order valence-corrected chi connectivity index (χ0v) is 20.6. The number of nitrogens with one attached hydrogen (secondary N) is 1. The Morgan fingerprint density at radius 2 is 1.97 bits per heavy atom. The van der Waals surface area contributed by atoms with E-state index in [9.17, 15) is 5.26 Å². The van der Waals surface area contributed by atoms with Gasteiger partial charge in [0.1, 0.15) is 5.82 Å². The normalized spacial score (nSPS) is 18.4. The minimum absolute atomic E-state index is 0.432. The van der Waals surface area contributed by atoms with E-state index in [1.54, 1.807) is 12.4 Å². The van der Waals surface area contributed by atoms with Crippen LogP contribution in [0.1, 0.15) is 60.4 Å². The number of rotatable bonds is 6. The van der Waals surface area contributed by atoms with Crippen LogP contribution in [0.3, 0.4) is 0 Å². The van der Waals surface area contributed by atoms with Gasteiger partial charge in [0.2, 0.25) is 0 Å². The minimum Gasteiger partial charge on any atom is -0.366 e. The molecule has 2 atom stereocenters. The van der Waals surface area contributed by atoms with Crippen LogP contribution in [0.2, 0.25) is 0 Å². The zero-order chi connectivity index (χ0) is 23.3. The van der Waals surface area contributed by atoms with Gasteiger partial charge in [-0.3, -0.25) is 4.98 Å². The Morgan fingerprint density at radius 1 is 1.06 bits per heavy atom. The summed E-state index contributed by atoms with van der Waals surface area (Å²) in [6.45, 7) is 0.679. The Balaban J connectivity index is 1.33. The lowest BCUT2D eigenvalue weighted by Gasteiger charge is -2.17. The second-order valence-electron chi connectivity index (χ2n) is 9.10. The number of nitrogens with zero attached hydrogens (tertiary/aromatic N) is 5. The largest absolute Gasteiger partial charge is 0.366 e. The van der Waals surface area contributed by atoms with Gasteiger partial charge in [-0.15, -0.1) is 0 Å². The monoisotopic (exact) mass is 514 g/mol. The van der Waals surface area contributed by atoms with E-state index in [-0.39, 0.29) is 0 Å². The van der Waals surface area contributed by atoms with Gasteiger partial charge in [-0.1, -0.05) is 31.0 Å². The molecule has 6 nitrogen and oxygen atoms in total. The molecule has 0 amide bonds. The van der Waals surface area contributed by atoms with Gasteiger partial charge >= 0.3 is 0 Å². The fourth-order valence-electron chi connectivity index (χ4n) is 4.96. The van der Waals surface area contributed by atoms with Crippen LogP contribution in [-0.2, 0) is 13.0 Å². The van der Waals surface area contributed by atoms with E-state index in [1.165, 1.54) is 24.8 Å². The van der Waals surface area contributed by atoms with Crippen molar-refractivity contribution in [2.75, 3.05) is 5.32 Å². The van der Waals surface area contributed by atoms with E-state index in [4.69, 9.17) is 4.98 Å². The summed E-state index contributed by atoms with van der Waals surface area (Å²) in [6.07, 6.45) is 12.4. The number of anilines is 1. The number of nitriles is 1. The molecule has 0 aliphatic heterocycles. The molecular formula is C27H27BrN6. The van der Waals surface area contributed by atoms with Crippen molar-refractivity contribution in [1.29, 1.82) is 5.26 Å². The summed E-state index contributed by atoms with van der Waals surface area (Å²) in [5.41, 5.74) is 5.12. The van der Waals surface area contributed by atoms with Crippen LogP contribution in [0.5, 0.6) is 0 Å². The molecule has 1 aromatic carbocycles. The first-order valence-corrected chi connectivity index (χ1v) is 12.6. The highest BCUT2D eigenvalue weighted by Crippen LogP contribution is 2.36. The number of hydrogen-bond acceptors (Lipinski definition) is 5. The fraction of sp³-hybridized carbons (Fsp3) is 0.333. The van der Waals surface area contributed by atoms with Gasteiger partial charge in [-0.2, -0.15) is 14.9 Å². The summed E-state index contributed by atoms with van der Waals surface area (Å²) in [6, 6.07) is 16.5. The first kappa shape index (κ1) is 22.5. The molecule has 4 aromatic rings. The van der Waals surface area contributed by atoms with Gasteiger partial charge < -0.3 is 5.32 Å². The topological polar surface area (TPSA) is 78.9 Å². The third-order valence-electron chi connectivity index (χ3n) is 6.73. The van der Waals surface area contributed by atoms with E-state index < -0.39 is 0 Å². The van der Waals surface area contributed by atoms with E-state index in [1.807, 2.05) is 35.0 Å². The van der Waals surface area contributed by atoms with Crippen molar-refractivity contribution in [3.63, 3.8) is 0 Å². The van der Waals surface area contributed by atoms with E-state index >= 15 is 0 Å². The number of pyridine rings is 1. The molecule has 172 valence electrons. The van der Waals surface area contributed by atoms with Crippen molar-refractivity contribution in [2.24, 2.45) is 5.92 Å². The summed E-state index contributed by atoms with van der Waals surface area (Å²) in [4.78, 5) is 9.23. The first-order chi connectivity index (χ1) is 16.7. The van der Waals surface area contributed by atoms with Crippen LogP contribution in [-0.4, -0.2) is 19.6 Å². The molecule has 2 unspecified atom stereocenters. The minimum atomic E-state index is 0.432. The Hall–Kier alpha value is -3.24. The molecular weight excluding hydrogens is 488 g/mol. The maximum atomic E-state index is 9.20. The zero-order valence-electron chi connectivity index (χ0n) is 19.0. The van der Waals surface area contributed by atoms with E-state index in [0.717, 1.165) is 52.0 Å². The van der Waals surface area contributed by atoms with Gasteiger partial charge in [-0.25, -0.2) is 4.98 Å². The molecule has 34 heavy (non-hydrogen) atoms. The average molecular weight is 515 g/mol.